The van der Waals surface area contributed by atoms with E-state index < -0.39 is 0 Å². The van der Waals surface area contributed by atoms with Crippen LogP contribution in [-0.4, -0.2) is 7.11 Å². The van der Waals surface area contributed by atoms with Gasteiger partial charge in [-0.15, -0.1) is 0 Å². The van der Waals surface area contributed by atoms with Crippen molar-refractivity contribution in [2.24, 2.45) is 0 Å². The number of hydrogen-bond acceptors (Lipinski definition) is 2. The molecule has 2 nitrogen and oxygen atoms in total. The van der Waals surface area contributed by atoms with Crippen molar-refractivity contribution in [3.63, 3.8) is 0 Å². The van der Waals surface area contributed by atoms with Crippen LogP contribution < -0.4 is 10.1 Å². The molecular weight excluding hydrogens is 370 g/mol. The summed E-state index contributed by atoms with van der Waals surface area (Å²) in [6.07, 6.45) is 0. The highest BCUT2D eigenvalue weighted by atomic mass is 79.9. The lowest BCUT2D eigenvalue weighted by molar-refractivity contribution is 0.414. The molecule has 0 saturated carbocycles. The average molecular weight is 385 g/mol. The second kappa shape index (κ2) is 6.44. The van der Waals surface area contributed by atoms with E-state index in [4.69, 9.17) is 4.74 Å². The Morgan fingerprint density at radius 3 is 2.11 bits per heavy atom. The molecule has 0 aliphatic heterocycles. The maximum atomic E-state index is 5.17. The molecule has 1 N–H and O–H groups in total. The van der Waals surface area contributed by atoms with Gasteiger partial charge in [-0.05, 0) is 68.6 Å². The number of para-hydroxylation sites is 1. The van der Waals surface area contributed by atoms with E-state index in [9.17, 15) is 0 Å². The fourth-order valence-corrected chi connectivity index (χ4v) is 3.06. The van der Waals surface area contributed by atoms with Crippen molar-refractivity contribution in [2.45, 2.75) is 13.0 Å². The zero-order valence-corrected chi connectivity index (χ0v) is 14.0. The van der Waals surface area contributed by atoms with E-state index in [0.717, 1.165) is 20.4 Å². The third-order valence-corrected chi connectivity index (χ3v) is 4.26. The highest BCUT2D eigenvalue weighted by molar-refractivity contribution is 9.11. The van der Waals surface area contributed by atoms with E-state index in [1.54, 1.807) is 7.11 Å². The van der Waals surface area contributed by atoms with Gasteiger partial charge >= 0.3 is 0 Å². The van der Waals surface area contributed by atoms with Crippen molar-refractivity contribution in [3.05, 3.63) is 57.0 Å². The zero-order valence-electron chi connectivity index (χ0n) is 10.8. The van der Waals surface area contributed by atoms with Gasteiger partial charge < -0.3 is 10.1 Å². The second-order valence-electron chi connectivity index (χ2n) is 4.24. The normalized spacial score (nSPS) is 12.0. The fraction of sp³-hybridized carbons (Fsp3) is 0.200. The topological polar surface area (TPSA) is 21.3 Å². The Hall–Kier alpha value is -1.00. The number of anilines is 1. The first-order chi connectivity index (χ1) is 9.11. The van der Waals surface area contributed by atoms with Crippen LogP contribution in [-0.2, 0) is 0 Å². The number of halogens is 2. The van der Waals surface area contributed by atoms with Crippen LogP contribution >= 0.6 is 31.9 Å². The van der Waals surface area contributed by atoms with Crippen LogP contribution in [0.2, 0.25) is 0 Å². The third-order valence-electron chi connectivity index (χ3n) is 2.94. The summed E-state index contributed by atoms with van der Waals surface area (Å²) in [6, 6.07) is 14.3. The van der Waals surface area contributed by atoms with Crippen LogP contribution in [0.4, 0.5) is 5.69 Å². The maximum Gasteiger partial charge on any atom is 0.118 e. The van der Waals surface area contributed by atoms with E-state index in [0.29, 0.717) is 0 Å². The van der Waals surface area contributed by atoms with Crippen molar-refractivity contribution in [1.82, 2.24) is 0 Å². The zero-order chi connectivity index (χ0) is 13.8. The Morgan fingerprint density at radius 2 is 1.58 bits per heavy atom. The van der Waals surface area contributed by atoms with Gasteiger partial charge in [0.05, 0.1) is 12.8 Å². The van der Waals surface area contributed by atoms with E-state index in [1.807, 2.05) is 30.3 Å². The Kier molecular flexibility index (Phi) is 4.88. The van der Waals surface area contributed by atoms with E-state index in [2.05, 4.69) is 56.2 Å². The summed E-state index contributed by atoms with van der Waals surface area (Å²) in [5, 5.41) is 3.50. The molecule has 0 heterocycles. The van der Waals surface area contributed by atoms with Crippen molar-refractivity contribution in [1.29, 1.82) is 0 Å². The summed E-state index contributed by atoms with van der Waals surface area (Å²) in [7, 11) is 1.68. The summed E-state index contributed by atoms with van der Waals surface area (Å²) in [6.45, 7) is 2.13. The summed E-state index contributed by atoms with van der Waals surface area (Å²) in [5.74, 6) is 0.873. The van der Waals surface area contributed by atoms with Crippen LogP contribution in [0, 0.1) is 0 Å². The number of rotatable bonds is 4. The monoisotopic (exact) mass is 383 g/mol. The van der Waals surface area contributed by atoms with Crippen molar-refractivity contribution in [2.75, 3.05) is 12.4 Å². The van der Waals surface area contributed by atoms with Crippen LogP contribution in [0.1, 0.15) is 18.5 Å². The quantitative estimate of drug-likeness (QED) is 0.762. The summed E-state index contributed by atoms with van der Waals surface area (Å²) >= 11 is 7.12. The highest BCUT2D eigenvalue weighted by Gasteiger charge is 2.10. The van der Waals surface area contributed by atoms with Gasteiger partial charge in [0.2, 0.25) is 0 Å². The van der Waals surface area contributed by atoms with Gasteiger partial charge in [0.1, 0.15) is 5.75 Å². The van der Waals surface area contributed by atoms with E-state index >= 15 is 0 Å². The molecule has 0 amide bonds. The lowest BCUT2D eigenvalue weighted by atomic mass is 10.1. The predicted molar refractivity (Wildman–Crippen MR) is 86.9 cm³/mol. The van der Waals surface area contributed by atoms with Crippen LogP contribution in [0.3, 0.4) is 0 Å². The van der Waals surface area contributed by atoms with Crippen molar-refractivity contribution >= 4 is 37.5 Å². The molecule has 0 aliphatic rings. The third kappa shape index (κ3) is 3.51. The highest BCUT2D eigenvalue weighted by Crippen LogP contribution is 2.33. The maximum absolute atomic E-state index is 5.17. The Bertz CT molecular complexity index is 534. The first-order valence-electron chi connectivity index (χ1n) is 5.96. The molecule has 2 aromatic carbocycles. The summed E-state index contributed by atoms with van der Waals surface area (Å²) in [5.41, 5.74) is 2.27. The van der Waals surface area contributed by atoms with Crippen LogP contribution in [0.25, 0.3) is 0 Å². The minimum absolute atomic E-state index is 0.209. The SMILES string of the molecule is COc1ccc(C(C)Nc2c(Br)cccc2Br)cc1. The second-order valence-corrected chi connectivity index (χ2v) is 5.94. The number of hydrogen-bond donors (Lipinski definition) is 1. The molecule has 1 unspecified atom stereocenters. The Balaban J connectivity index is 2.18. The van der Waals surface area contributed by atoms with Gasteiger partial charge in [-0.3, -0.25) is 0 Å². The number of benzene rings is 2. The molecule has 1 atom stereocenters. The molecule has 0 saturated heterocycles. The Labute approximate surface area is 130 Å². The molecule has 2 rings (SSSR count). The van der Waals surface area contributed by atoms with Gasteiger partial charge in [0.15, 0.2) is 0 Å². The first kappa shape index (κ1) is 14.4. The molecule has 0 bridgehead atoms. The molecule has 0 aromatic heterocycles. The van der Waals surface area contributed by atoms with Crippen LogP contribution in [0.5, 0.6) is 5.75 Å². The lowest BCUT2D eigenvalue weighted by Gasteiger charge is -2.18. The van der Waals surface area contributed by atoms with E-state index in [1.165, 1.54) is 5.56 Å². The number of ether oxygens (including phenoxy) is 1. The molecular formula is C15H15Br2NO. The molecule has 2 aromatic rings. The minimum Gasteiger partial charge on any atom is -0.497 e. The predicted octanol–water partition coefficient (Wildman–Crippen LogP) is 5.39. The summed E-state index contributed by atoms with van der Waals surface area (Å²) in [4.78, 5) is 0. The molecule has 0 aliphatic carbocycles. The standard InChI is InChI=1S/C15H15Br2NO/c1-10(11-6-8-12(19-2)9-7-11)18-15-13(16)4-3-5-14(15)17/h3-10,18H,1-2H3. The van der Waals surface area contributed by atoms with Crippen LogP contribution in [0.15, 0.2) is 51.4 Å². The molecule has 100 valence electrons. The minimum atomic E-state index is 0.209. The van der Waals surface area contributed by atoms with Gasteiger partial charge in [-0.2, -0.15) is 0 Å². The van der Waals surface area contributed by atoms with Crippen molar-refractivity contribution < 1.29 is 4.74 Å². The van der Waals surface area contributed by atoms with Gasteiger partial charge in [-0.25, -0.2) is 0 Å². The molecule has 0 fully saturated rings. The van der Waals surface area contributed by atoms with E-state index in [-0.39, 0.29) is 6.04 Å². The smallest absolute Gasteiger partial charge is 0.118 e. The fourth-order valence-electron chi connectivity index (χ4n) is 1.83. The largest absolute Gasteiger partial charge is 0.497 e. The lowest BCUT2D eigenvalue weighted by Crippen LogP contribution is -2.07. The number of nitrogens with one attached hydrogen (secondary N) is 1. The average Bonchev–Trinajstić information content (AvgIpc) is 2.43. The van der Waals surface area contributed by atoms with Gasteiger partial charge in [-0.1, -0.05) is 18.2 Å². The Morgan fingerprint density at radius 1 is 1.00 bits per heavy atom. The molecule has 0 radical (unpaired) electrons. The molecule has 4 heteroatoms. The van der Waals surface area contributed by atoms with Crippen molar-refractivity contribution in [3.8, 4) is 5.75 Å². The summed E-state index contributed by atoms with van der Waals surface area (Å²) < 4.78 is 7.26. The van der Waals surface area contributed by atoms with Gasteiger partial charge in [0, 0.05) is 15.0 Å². The molecule has 0 spiro atoms. The molecule has 19 heavy (non-hydrogen) atoms. The first-order valence-corrected chi connectivity index (χ1v) is 7.55. The van der Waals surface area contributed by atoms with Gasteiger partial charge in [0.25, 0.3) is 0 Å². The number of methoxy groups -OCH3 is 1.